The summed E-state index contributed by atoms with van der Waals surface area (Å²) in [7, 11) is 0. The molecule has 0 radical (unpaired) electrons. The Hall–Kier alpha value is -1.06. The van der Waals surface area contributed by atoms with Crippen LogP contribution in [-0.2, 0) is 0 Å². The van der Waals surface area contributed by atoms with Gasteiger partial charge in [0.2, 0.25) is 0 Å². The van der Waals surface area contributed by atoms with Crippen molar-refractivity contribution in [3.8, 4) is 5.75 Å². The van der Waals surface area contributed by atoms with Crippen LogP contribution >= 0.6 is 0 Å². The summed E-state index contributed by atoms with van der Waals surface area (Å²) in [6, 6.07) is 7.97. The van der Waals surface area contributed by atoms with Gasteiger partial charge >= 0.3 is 0 Å². The Kier molecular flexibility index (Phi) is 5.15. The van der Waals surface area contributed by atoms with Gasteiger partial charge in [0.1, 0.15) is 12.4 Å². The molecule has 1 atom stereocenters. The van der Waals surface area contributed by atoms with Crippen molar-refractivity contribution in [3.05, 3.63) is 29.8 Å². The van der Waals surface area contributed by atoms with Crippen molar-refractivity contribution in [1.29, 1.82) is 0 Å². The minimum Gasteiger partial charge on any atom is -0.492 e. The SMILES string of the molecule is Cc1cccc(OCCNCC(C)O)c1. The van der Waals surface area contributed by atoms with Gasteiger partial charge in [0, 0.05) is 13.1 Å². The monoisotopic (exact) mass is 209 g/mol. The molecule has 0 spiro atoms. The average molecular weight is 209 g/mol. The van der Waals surface area contributed by atoms with Crippen LogP contribution in [0, 0.1) is 6.92 Å². The summed E-state index contributed by atoms with van der Waals surface area (Å²) in [5.41, 5.74) is 1.20. The molecule has 0 fully saturated rings. The molecule has 0 aliphatic heterocycles. The van der Waals surface area contributed by atoms with Crippen molar-refractivity contribution < 1.29 is 9.84 Å². The second kappa shape index (κ2) is 6.43. The predicted molar refractivity (Wildman–Crippen MR) is 61.2 cm³/mol. The molecule has 0 saturated carbocycles. The number of aliphatic hydroxyl groups excluding tert-OH is 1. The van der Waals surface area contributed by atoms with Crippen molar-refractivity contribution >= 4 is 0 Å². The number of nitrogens with one attached hydrogen (secondary N) is 1. The lowest BCUT2D eigenvalue weighted by atomic mass is 10.2. The second-order valence-electron chi connectivity index (χ2n) is 3.72. The molecule has 1 aromatic carbocycles. The number of aryl methyl sites for hydroxylation is 1. The van der Waals surface area contributed by atoms with E-state index < -0.39 is 0 Å². The lowest BCUT2D eigenvalue weighted by Gasteiger charge is -2.09. The van der Waals surface area contributed by atoms with E-state index in [9.17, 15) is 0 Å². The third-order valence-electron chi connectivity index (χ3n) is 1.98. The van der Waals surface area contributed by atoms with E-state index in [1.165, 1.54) is 5.56 Å². The Morgan fingerprint density at radius 2 is 2.27 bits per heavy atom. The van der Waals surface area contributed by atoms with E-state index in [4.69, 9.17) is 9.84 Å². The molecular formula is C12H19NO2. The summed E-state index contributed by atoms with van der Waals surface area (Å²) in [4.78, 5) is 0. The minimum atomic E-state index is -0.302. The minimum absolute atomic E-state index is 0.302. The maximum atomic E-state index is 9.00. The van der Waals surface area contributed by atoms with E-state index in [0.29, 0.717) is 13.2 Å². The van der Waals surface area contributed by atoms with E-state index in [0.717, 1.165) is 12.3 Å². The summed E-state index contributed by atoms with van der Waals surface area (Å²) in [5, 5.41) is 12.1. The summed E-state index contributed by atoms with van der Waals surface area (Å²) in [5.74, 6) is 0.897. The van der Waals surface area contributed by atoms with Gasteiger partial charge in [0.05, 0.1) is 6.10 Å². The van der Waals surface area contributed by atoms with Gasteiger partial charge in [-0.1, -0.05) is 12.1 Å². The van der Waals surface area contributed by atoms with Crippen LogP contribution in [0.3, 0.4) is 0 Å². The van der Waals surface area contributed by atoms with Crippen molar-refractivity contribution in [3.63, 3.8) is 0 Å². The first-order valence-corrected chi connectivity index (χ1v) is 5.27. The van der Waals surface area contributed by atoms with Crippen molar-refractivity contribution in [1.82, 2.24) is 5.32 Å². The lowest BCUT2D eigenvalue weighted by Crippen LogP contribution is -2.28. The van der Waals surface area contributed by atoms with Crippen LogP contribution in [0.1, 0.15) is 12.5 Å². The highest BCUT2D eigenvalue weighted by Crippen LogP contribution is 2.11. The Morgan fingerprint density at radius 3 is 2.93 bits per heavy atom. The van der Waals surface area contributed by atoms with Crippen LogP contribution < -0.4 is 10.1 Å². The first-order valence-electron chi connectivity index (χ1n) is 5.27. The molecule has 84 valence electrons. The van der Waals surface area contributed by atoms with Crippen molar-refractivity contribution in [2.24, 2.45) is 0 Å². The van der Waals surface area contributed by atoms with Gasteiger partial charge in [-0.15, -0.1) is 0 Å². The third kappa shape index (κ3) is 5.40. The summed E-state index contributed by atoms with van der Waals surface area (Å²) in [6.45, 7) is 5.78. The smallest absolute Gasteiger partial charge is 0.119 e. The largest absolute Gasteiger partial charge is 0.492 e. The predicted octanol–water partition coefficient (Wildman–Crippen LogP) is 1.34. The quantitative estimate of drug-likeness (QED) is 0.695. The molecule has 3 heteroatoms. The van der Waals surface area contributed by atoms with Gasteiger partial charge in [-0.3, -0.25) is 0 Å². The number of hydrogen-bond acceptors (Lipinski definition) is 3. The Balaban J connectivity index is 2.15. The van der Waals surface area contributed by atoms with E-state index in [2.05, 4.69) is 5.32 Å². The van der Waals surface area contributed by atoms with Crippen LogP contribution in [0.5, 0.6) is 5.75 Å². The zero-order valence-corrected chi connectivity index (χ0v) is 9.36. The molecule has 0 bridgehead atoms. The molecule has 0 saturated heterocycles. The fourth-order valence-electron chi connectivity index (χ4n) is 1.26. The van der Waals surface area contributed by atoms with E-state index in [1.54, 1.807) is 6.92 Å². The standard InChI is InChI=1S/C12H19NO2/c1-10-4-3-5-12(8-10)15-7-6-13-9-11(2)14/h3-5,8,11,13-14H,6-7,9H2,1-2H3. The van der Waals surface area contributed by atoms with Crippen LogP contribution in [0.15, 0.2) is 24.3 Å². The molecule has 3 nitrogen and oxygen atoms in total. The fourth-order valence-corrected chi connectivity index (χ4v) is 1.26. The molecule has 0 heterocycles. The summed E-state index contributed by atoms with van der Waals surface area (Å²) < 4.78 is 5.52. The third-order valence-corrected chi connectivity index (χ3v) is 1.98. The van der Waals surface area contributed by atoms with Crippen LogP contribution in [-0.4, -0.2) is 30.9 Å². The average Bonchev–Trinajstić information content (AvgIpc) is 2.17. The molecule has 15 heavy (non-hydrogen) atoms. The molecule has 0 aromatic heterocycles. The Morgan fingerprint density at radius 1 is 1.47 bits per heavy atom. The van der Waals surface area contributed by atoms with Crippen LogP contribution in [0.4, 0.5) is 0 Å². The van der Waals surface area contributed by atoms with E-state index in [-0.39, 0.29) is 6.10 Å². The van der Waals surface area contributed by atoms with Gasteiger partial charge in [0.25, 0.3) is 0 Å². The van der Waals surface area contributed by atoms with Crippen LogP contribution in [0.2, 0.25) is 0 Å². The highest BCUT2D eigenvalue weighted by molar-refractivity contribution is 5.27. The Bertz CT molecular complexity index is 287. The van der Waals surface area contributed by atoms with Gasteiger partial charge in [-0.25, -0.2) is 0 Å². The molecular weight excluding hydrogens is 190 g/mol. The molecule has 1 rings (SSSR count). The molecule has 2 N–H and O–H groups in total. The lowest BCUT2D eigenvalue weighted by molar-refractivity contribution is 0.188. The summed E-state index contributed by atoms with van der Waals surface area (Å²) >= 11 is 0. The number of ether oxygens (including phenoxy) is 1. The first kappa shape index (κ1) is 12.0. The van der Waals surface area contributed by atoms with Gasteiger partial charge in [0.15, 0.2) is 0 Å². The molecule has 1 unspecified atom stereocenters. The van der Waals surface area contributed by atoms with E-state index in [1.807, 2.05) is 31.2 Å². The normalized spacial score (nSPS) is 12.5. The zero-order chi connectivity index (χ0) is 11.1. The molecule has 1 aromatic rings. The number of rotatable bonds is 6. The maximum absolute atomic E-state index is 9.00. The highest BCUT2D eigenvalue weighted by Gasteiger charge is 1.95. The number of aliphatic hydroxyl groups is 1. The summed E-state index contributed by atoms with van der Waals surface area (Å²) in [6.07, 6.45) is -0.302. The molecule has 0 aliphatic rings. The fraction of sp³-hybridized carbons (Fsp3) is 0.500. The second-order valence-corrected chi connectivity index (χ2v) is 3.72. The first-order chi connectivity index (χ1) is 7.18. The van der Waals surface area contributed by atoms with Crippen molar-refractivity contribution in [2.45, 2.75) is 20.0 Å². The zero-order valence-electron chi connectivity index (χ0n) is 9.36. The van der Waals surface area contributed by atoms with Gasteiger partial charge in [-0.05, 0) is 31.5 Å². The number of hydrogen-bond donors (Lipinski definition) is 2. The van der Waals surface area contributed by atoms with Gasteiger partial charge < -0.3 is 15.2 Å². The highest BCUT2D eigenvalue weighted by atomic mass is 16.5. The topological polar surface area (TPSA) is 41.5 Å². The van der Waals surface area contributed by atoms with Crippen LogP contribution in [0.25, 0.3) is 0 Å². The van der Waals surface area contributed by atoms with E-state index >= 15 is 0 Å². The van der Waals surface area contributed by atoms with Gasteiger partial charge in [-0.2, -0.15) is 0 Å². The molecule has 0 aliphatic carbocycles. The maximum Gasteiger partial charge on any atom is 0.119 e. The molecule has 0 amide bonds. The van der Waals surface area contributed by atoms with Crippen molar-refractivity contribution in [2.75, 3.05) is 19.7 Å². The number of benzene rings is 1. The Labute approximate surface area is 91.1 Å².